The Labute approximate surface area is 114 Å². The Balaban J connectivity index is 2.47. The predicted molar refractivity (Wildman–Crippen MR) is 76.1 cm³/mol. The molecule has 0 spiro atoms. The molecule has 0 saturated carbocycles. The predicted octanol–water partition coefficient (Wildman–Crippen LogP) is 4.67. The summed E-state index contributed by atoms with van der Waals surface area (Å²) in [6.45, 7) is 5.99. The highest BCUT2D eigenvalue weighted by atomic mass is 79.9. The Bertz CT molecular complexity index is 584. The van der Waals surface area contributed by atoms with Gasteiger partial charge in [-0.3, -0.25) is 4.79 Å². The Kier molecular flexibility index (Phi) is 3.50. The lowest BCUT2D eigenvalue weighted by Crippen LogP contribution is -2.02. The molecule has 1 nitrogen and oxygen atoms in total. The SMILES string of the molecule is Cc1ccc(C(=O)c2cc(C)c(Br)cc2C)s1. The van der Waals surface area contributed by atoms with Crippen molar-refractivity contribution in [1.29, 1.82) is 0 Å². The molecule has 1 aromatic carbocycles. The van der Waals surface area contributed by atoms with Crippen LogP contribution < -0.4 is 0 Å². The second kappa shape index (κ2) is 4.75. The molecule has 0 bridgehead atoms. The molecule has 2 rings (SSSR count). The normalized spacial score (nSPS) is 10.6. The van der Waals surface area contributed by atoms with Crippen molar-refractivity contribution in [3.8, 4) is 0 Å². The molecule has 3 heteroatoms. The summed E-state index contributed by atoms with van der Waals surface area (Å²) < 4.78 is 1.05. The number of ketones is 1. The van der Waals surface area contributed by atoms with Crippen LogP contribution in [0, 0.1) is 20.8 Å². The van der Waals surface area contributed by atoms with E-state index in [-0.39, 0.29) is 5.78 Å². The van der Waals surface area contributed by atoms with Crippen LogP contribution in [0.15, 0.2) is 28.7 Å². The van der Waals surface area contributed by atoms with Crippen molar-refractivity contribution in [3.05, 3.63) is 55.2 Å². The number of halogens is 1. The highest BCUT2D eigenvalue weighted by Crippen LogP contribution is 2.25. The van der Waals surface area contributed by atoms with Crippen molar-refractivity contribution in [3.63, 3.8) is 0 Å². The van der Waals surface area contributed by atoms with Gasteiger partial charge in [0.25, 0.3) is 0 Å². The first-order valence-corrected chi connectivity index (χ1v) is 6.98. The first kappa shape index (κ1) is 12.5. The molecule has 0 amide bonds. The van der Waals surface area contributed by atoms with Crippen LogP contribution in [0.25, 0.3) is 0 Å². The molecule has 2 aromatic rings. The lowest BCUT2D eigenvalue weighted by molar-refractivity contribution is 0.104. The topological polar surface area (TPSA) is 17.1 Å². The minimum atomic E-state index is 0.121. The molecule has 17 heavy (non-hydrogen) atoms. The summed E-state index contributed by atoms with van der Waals surface area (Å²) >= 11 is 5.03. The van der Waals surface area contributed by atoms with Crippen LogP contribution in [0.3, 0.4) is 0 Å². The third kappa shape index (κ3) is 2.50. The highest BCUT2D eigenvalue weighted by Gasteiger charge is 2.14. The molecule has 0 aliphatic carbocycles. The van der Waals surface area contributed by atoms with Gasteiger partial charge in [-0.05, 0) is 56.2 Å². The van der Waals surface area contributed by atoms with E-state index in [2.05, 4.69) is 15.9 Å². The fourth-order valence-electron chi connectivity index (χ4n) is 1.71. The maximum absolute atomic E-state index is 12.3. The van der Waals surface area contributed by atoms with Gasteiger partial charge in [0.1, 0.15) is 0 Å². The van der Waals surface area contributed by atoms with Crippen LogP contribution in [-0.2, 0) is 0 Å². The number of rotatable bonds is 2. The molecule has 1 heterocycles. The van der Waals surface area contributed by atoms with Gasteiger partial charge in [-0.1, -0.05) is 15.9 Å². The summed E-state index contributed by atoms with van der Waals surface area (Å²) in [5.41, 5.74) is 2.90. The standard InChI is InChI=1S/C14H13BrOS/c1-8-7-12(15)9(2)6-11(8)14(16)13-5-4-10(3)17-13/h4-7H,1-3H3. The first-order chi connectivity index (χ1) is 7.99. The quantitative estimate of drug-likeness (QED) is 0.737. The zero-order valence-electron chi connectivity index (χ0n) is 10.0. The van der Waals surface area contributed by atoms with Gasteiger partial charge < -0.3 is 0 Å². The van der Waals surface area contributed by atoms with E-state index >= 15 is 0 Å². The summed E-state index contributed by atoms with van der Waals surface area (Å²) in [5.74, 6) is 0.121. The number of aryl methyl sites for hydroxylation is 3. The average Bonchev–Trinajstić information content (AvgIpc) is 2.69. The molecule has 0 fully saturated rings. The molecule has 0 radical (unpaired) electrons. The molecule has 0 unspecified atom stereocenters. The van der Waals surface area contributed by atoms with Crippen LogP contribution in [-0.4, -0.2) is 5.78 Å². The Morgan fingerprint density at radius 2 is 1.82 bits per heavy atom. The van der Waals surface area contributed by atoms with Crippen molar-refractivity contribution < 1.29 is 4.79 Å². The van der Waals surface area contributed by atoms with Crippen molar-refractivity contribution in [2.24, 2.45) is 0 Å². The van der Waals surface area contributed by atoms with Gasteiger partial charge in [-0.25, -0.2) is 0 Å². The Hall–Kier alpha value is -0.930. The smallest absolute Gasteiger partial charge is 0.203 e. The third-order valence-electron chi connectivity index (χ3n) is 2.71. The third-order valence-corrected chi connectivity index (χ3v) is 4.57. The minimum absolute atomic E-state index is 0.121. The monoisotopic (exact) mass is 308 g/mol. The van der Waals surface area contributed by atoms with Gasteiger partial charge in [-0.15, -0.1) is 11.3 Å². The van der Waals surface area contributed by atoms with Gasteiger partial charge in [0, 0.05) is 14.9 Å². The van der Waals surface area contributed by atoms with E-state index in [4.69, 9.17) is 0 Å². The van der Waals surface area contributed by atoms with E-state index in [1.54, 1.807) is 11.3 Å². The fraction of sp³-hybridized carbons (Fsp3) is 0.214. The van der Waals surface area contributed by atoms with Gasteiger partial charge in [0.15, 0.2) is 0 Å². The van der Waals surface area contributed by atoms with Crippen LogP contribution >= 0.6 is 27.3 Å². The van der Waals surface area contributed by atoms with E-state index < -0.39 is 0 Å². The maximum atomic E-state index is 12.3. The molecular weight excluding hydrogens is 296 g/mol. The summed E-state index contributed by atoms with van der Waals surface area (Å²) in [6.07, 6.45) is 0. The average molecular weight is 309 g/mol. The van der Waals surface area contributed by atoms with E-state index in [1.807, 2.05) is 45.0 Å². The number of hydrogen-bond acceptors (Lipinski definition) is 2. The largest absolute Gasteiger partial charge is 0.288 e. The molecule has 88 valence electrons. The fourth-order valence-corrected chi connectivity index (χ4v) is 2.99. The summed E-state index contributed by atoms with van der Waals surface area (Å²) in [7, 11) is 0. The van der Waals surface area contributed by atoms with Crippen LogP contribution in [0.5, 0.6) is 0 Å². The van der Waals surface area contributed by atoms with E-state index in [1.165, 1.54) is 4.88 Å². The second-order valence-corrected chi connectivity index (χ2v) is 6.30. The van der Waals surface area contributed by atoms with E-state index in [9.17, 15) is 4.79 Å². The molecule has 0 saturated heterocycles. The van der Waals surface area contributed by atoms with Crippen molar-refractivity contribution in [2.45, 2.75) is 20.8 Å². The second-order valence-electron chi connectivity index (χ2n) is 4.16. The van der Waals surface area contributed by atoms with Gasteiger partial charge >= 0.3 is 0 Å². The lowest BCUT2D eigenvalue weighted by Gasteiger charge is -2.07. The number of thiophene rings is 1. The molecule has 0 atom stereocenters. The van der Waals surface area contributed by atoms with Crippen molar-refractivity contribution >= 4 is 33.0 Å². The summed E-state index contributed by atoms with van der Waals surface area (Å²) in [6, 6.07) is 7.85. The zero-order chi connectivity index (χ0) is 12.6. The van der Waals surface area contributed by atoms with Crippen LogP contribution in [0.1, 0.15) is 31.2 Å². The van der Waals surface area contributed by atoms with Crippen LogP contribution in [0.4, 0.5) is 0 Å². The maximum Gasteiger partial charge on any atom is 0.203 e. The number of hydrogen-bond donors (Lipinski definition) is 0. The first-order valence-electron chi connectivity index (χ1n) is 5.37. The summed E-state index contributed by atoms with van der Waals surface area (Å²) in [5, 5.41) is 0. The van der Waals surface area contributed by atoms with Gasteiger partial charge in [0.05, 0.1) is 4.88 Å². The molecule has 0 aliphatic heterocycles. The molecular formula is C14H13BrOS. The molecule has 0 aliphatic rings. The summed E-state index contributed by atoms with van der Waals surface area (Å²) in [4.78, 5) is 14.3. The minimum Gasteiger partial charge on any atom is -0.288 e. The Morgan fingerprint density at radius 3 is 2.41 bits per heavy atom. The van der Waals surface area contributed by atoms with E-state index in [0.717, 1.165) is 26.0 Å². The van der Waals surface area contributed by atoms with Crippen molar-refractivity contribution in [2.75, 3.05) is 0 Å². The number of carbonyl (C=O) groups excluding carboxylic acids is 1. The highest BCUT2D eigenvalue weighted by molar-refractivity contribution is 9.10. The zero-order valence-corrected chi connectivity index (χ0v) is 12.4. The van der Waals surface area contributed by atoms with E-state index in [0.29, 0.717) is 0 Å². The number of benzene rings is 1. The van der Waals surface area contributed by atoms with Crippen LogP contribution in [0.2, 0.25) is 0 Å². The van der Waals surface area contributed by atoms with Gasteiger partial charge in [-0.2, -0.15) is 0 Å². The van der Waals surface area contributed by atoms with Gasteiger partial charge in [0.2, 0.25) is 5.78 Å². The Morgan fingerprint density at radius 1 is 1.12 bits per heavy atom. The number of carbonyl (C=O) groups is 1. The van der Waals surface area contributed by atoms with Crippen molar-refractivity contribution in [1.82, 2.24) is 0 Å². The lowest BCUT2D eigenvalue weighted by atomic mass is 10.0. The molecule has 0 N–H and O–H groups in total. The molecule has 1 aromatic heterocycles.